The molecular formula is C15H28N2S. The van der Waals surface area contributed by atoms with Gasteiger partial charge in [-0.25, -0.2) is 0 Å². The highest BCUT2D eigenvalue weighted by Crippen LogP contribution is 2.31. The van der Waals surface area contributed by atoms with Crippen molar-refractivity contribution < 1.29 is 0 Å². The van der Waals surface area contributed by atoms with E-state index >= 15 is 0 Å². The standard InChI is InChI=1S/C15H28N2S/c1-4-15(5-2)11-18-14(17-15)16-13-10-8-6-7-9-12(13)3/h12-13H,4-11H2,1-3H3,(H,16,17). The number of nitrogens with one attached hydrogen (secondary N) is 1. The van der Waals surface area contributed by atoms with Crippen molar-refractivity contribution in [2.75, 3.05) is 5.75 Å². The SMILES string of the molecule is CCC1(CC)CSC(=NC2CCCCCC2C)N1. The minimum atomic E-state index is 0.317. The summed E-state index contributed by atoms with van der Waals surface area (Å²) in [7, 11) is 0. The lowest BCUT2D eigenvalue weighted by atomic mass is 9.96. The van der Waals surface area contributed by atoms with Crippen molar-refractivity contribution in [1.82, 2.24) is 5.32 Å². The third-order valence-electron chi connectivity index (χ3n) is 4.81. The van der Waals surface area contributed by atoms with Crippen LogP contribution in [0.3, 0.4) is 0 Å². The number of hydrogen-bond donors (Lipinski definition) is 1. The molecule has 1 saturated carbocycles. The van der Waals surface area contributed by atoms with Crippen molar-refractivity contribution in [3.8, 4) is 0 Å². The van der Waals surface area contributed by atoms with E-state index in [-0.39, 0.29) is 0 Å². The van der Waals surface area contributed by atoms with Gasteiger partial charge in [0.25, 0.3) is 0 Å². The van der Waals surface area contributed by atoms with E-state index in [0.717, 1.165) is 5.92 Å². The molecule has 1 N–H and O–H groups in total. The van der Waals surface area contributed by atoms with Crippen LogP contribution in [0.25, 0.3) is 0 Å². The molecule has 0 bridgehead atoms. The summed E-state index contributed by atoms with van der Waals surface area (Å²) >= 11 is 1.94. The van der Waals surface area contributed by atoms with Gasteiger partial charge in [-0.3, -0.25) is 4.99 Å². The molecule has 2 atom stereocenters. The molecule has 2 fully saturated rings. The van der Waals surface area contributed by atoms with Crippen LogP contribution >= 0.6 is 11.8 Å². The van der Waals surface area contributed by atoms with Crippen LogP contribution in [0.5, 0.6) is 0 Å². The summed E-state index contributed by atoms with van der Waals surface area (Å²) in [5, 5.41) is 4.92. The van der Waals surface area contributed by atoms with E-state index < -0.39 is 0 Å². The Morgan fingerprint density at radius 2 is 1.94 bits per heavy atom. The van der Waals surface area contributed by atoms with E-state index in [1.165, 1.54) is 55.9 Å². The Labute approximate surface area is 116 Å². The van der Waals surface area contributed by atoms with Gasteiger partial charge in [0.1, 0.15) is 0 Å². The summed E-state index contributed by atoms with van der Waals surface area (Å²) < 4.78 is 0. The van der Waals surface area contributed by atoms with Gasteiger partial charge >= 0.3 is 0 Å². The van der Waals surface area contributed by atoms with E-state index in [1.807, 2.05) is 11.8 Å². The quantitative estimate of drug-likeness (QED) is 0.776. The highest BCUT2D eigenvalue weighted by Gasteiger charge is 2.34. The summed E-state index contributed by atoms with van der Waals surface area (Å²) in [5.74, 6) is 1.96. The van der Waals surface area contributed by atoms with Crippen LogP contribution in [-0.4, -0.2) is 22.5 Å². The van der Waals surface area contributed by atoms with Crippen molar-refractivity contribution in [3.05, 3.63) is 0 Å². The van der Waals surface area contributed by atoms with Crippen LogP contribution in [0.1, 0.15) is 65.7 Å². The number of nitrogens with zero attached hydrogens (tertiary/aromatic N) is 1. The summed E-state index contributed by atoms with van der Waals surface area (Å²) in [5.41, 5.74) is 0.317. The molecule has 1 aliphatic carbocycles. The van der Waals surface area contributed by atoms with Crippen LogP contribution < -0.4 is 5.32 Å². The van der Waals surface area contributed by atoms with E-state index in [2.05, 4.69) is 26.1 Å². The fraction of sp³-hybridized carbons (Fsp3) is 0.933. The second kappa shape index (κ2) is 6.31. The number of amidine groups is 1. The number of aliphatic imine (C=N–C) groups is 1. The van der Waals surface area contributed by atoms with Crippen LogP contribution in [-0.2, 0) is 0 Å². The molecule has 0 radical (unpaired) electrons. The molecule has 18 heavy (non-hydrogen) atoms. The van der Waals surface area contributed by atoms with Crippen molar-refractivity contribution in [3.63, 3.8) is 0 Å². The van der Waals surface area contributed by atoms with Gasteiger partial charge in [0.2, 0.25) is 0 Å². The first-order chi connectivity index (χ1) is 8.69. The smallest absolute Gasteiger partial charge is 0.157 e. The topological polar surface area (TPSA) is 24.4 Å². The molecule has 2 unspecified atom stereocenters. The molecular weight excluding hydrogens is 240 g/mol. The predicted octanol–water partition coefficient (Wildman–Crippen LogP) is 4.21. The maximum absolute atomic E-state index is 5.04. The summed E-state index contributed by atoms with van der Waals surface area (Å²) in [6.45, 7) is 6.95. The molecule has 2 rings (SSSR count). The largest absolute Gasteiger partial charge is 0.359 e. The van der Waals surface area contributed by atoms with Gasteiger partial charge in [-0.05, 0) is 31.6 Å². The third kappa shape index (κ3) is 3.23. The monoisotopic (exact) mass is 268 g/mol. The average molecular weight is 268 g/mol. The van der Waals surface area contributed by atoms with E-state index in [1.54, 1.807) is 0 Å². The van der Waals surface area contributed by atoms with E-state index in [0.29, 0.717) is 11.6 Å². The van der Waals surface area contributed by atoms with Crippen LogP contribution in [0, 0.1) is 5.92 Å². The van der Waals surface area contributed by atoms with Crippen molar-refractivity contribution in [2.24, 2.45) is 10.9 Å². The highest BCUT2D eigenvalue weighted by molar-refractivity contribution is 8.14. The van der Waals surface area contributed by atoms with Crippen LogP contribution in [0.4, 0.5) is 0 Å². The van der Waals surface area contributed by atoms with Crippen molar-refractivity contribution in [2.45, 2.75) is 77.3 Å². The summed E-state index contributed by atoms with van der Waals surface area (Å²) in [6, 6.07) is 0.562. The minimum Gasteiger partial charge on any atom is -0.359 e. The molecule has 0 aromatic rings. The molecule has 0 aromatic carbocycles. The average Bonchev–Trinajstić information content (AvgIpc) is 2.70. The first-order valence-electron chi connectivity index (χ1n) is 7.68. The van der Waals surface area contributed by atoms with Gasteiger partial charge in [0, 0.05) is 11.3 Å². The molecule has 0 spiro atoms. The van der Waals surface area contributed by atoms with Gasteiger partial charge in [-0.2, -0.15) is 0 Å². The lowest BCUT2D eigenvalue weighted by Gasteiger charge is -2.26. The van der Waals surface area contributed by atoms with Crippen LogP contribution in [0.2, 0.25) is 0 Å². The fourth-order valence-corrected chi connectivity index (χ4v) is 4.41. The molecule has 2 aliphatic rings. The lowest BCUT2D eigenvalue weighted by molar-refractivity contribution is 0.401. The van der Waals surface area contributed by atoms with E-state index in [9.17, 15) is 0 Å². The molecule has 0 aromatic heterocycles. The van der Waals surface area contributed by atoms with Gasteiger partial charge in [0.15, 0.2) is 5.17 Å². The fourth-order valence-electron chi connectivity index (χ4n) is 3.02. The highest BCUT2D eigenvalue weighted by atomic mass is 32.2. The van der Waals surface area contributed by atoms with Gasteiger partial charge < -0.3 is 5.32 Å². The maximum atomic E-state index is 5.04. The molecule has 3 heteroatoms. The predicted molar refractivity (Wildman–Crippen MR) is 82.4 cm³/mol. The first-order valence-corrected chi connectivity index (χ1v) is 8.66. The molecule has 104 valence electrons. The Bertz CT molecular complexity index is 297. The second-order valence-corrected chi connectivity index (χ2v) is 6.98. The molecule has 2 nitrogen and oxygen atoms in total. The Hall–Kier alpha value is -0.180. The molecule has 1 aliphatic heterocycles. The second-order valence-electron chi connectivity index (χ2n) is 6.02. The molecule has 0 amide bonds. The zero-order valence-electron chi connectivity index (χ0n) is 12.2. The molecule has 1 saturated heterocycles. The van der Waals surface area contributed by atoms with Crippen molar-refractivity contribution >= 4 is 16.9 Å². The number of rotatable bonds is 3. The van der Waals surface area contributed by atoms with Crippen LogP contribution in [0.15, 0.2) is 4.99 Å². The van der Waals surface area contributed by atoms with Gasteiger partial charge in [0.05, 0.1) is 6.04 Å². The number of thioether (sulfide) groups is 1. The molecule has 1 heterocycles. The Morgan fingerprint density at radius 1 is 1.22 bits per heavy atom. The summed E-state index contributed by atoms with van der Waals surface area (Å²) in [6.07, 6.45) is 9.22. The Kier molecular flexibility index (Phi) is 4.99. The van der Waals surface area contributed by atoms with Gasteiger partial charge in [-0.15, -0.1) is 0 Å². The van der Waals surface area contributed by atoms with E-state index in [4.69, 9.17) is 4.99 Å². The van der Waals surface area contributed by atoms with Crippen molar-refractivity contribution in [1.29, 1.82) is 0 Å². The third-order valence-corrected chi connectivity index (χ3v) is 5.99. The lowest BCUT2D eigenvalue weighted by Crippen LogP contribution is -2.42. The maximum Gasteiger partial charge on any atom is 0.157 e. The first kappa shape index (κ1) is 14.2. The zero-order valence-corrected chi connectivity index (χ0v) is 13.0. The minimum absolute atomic E-state index is 0.317. The normalized spacial score (nSPS) is 34.3. The number of hydrogen-bond acceptors (Lipinski definition) is 2. The summed E-state index contributed by atoms with van der Waals surface area (Å²) in [4.78, 5) is 5.04. The Balaban J connectivity index is 2.00. The zero-order chi connectivity index (χ0) is 13.0. The Morgan fingerprint density at radius 3 is 2.61 bits per heavy atom. The van der Waals surface area contributed by atoms with Gasteiger partial charge in [-0.1, -0.05) is 51.8 Å².